The minimum Gasteiger partial charge on any atom is -0.422 e. The number of hydrogen-bond acceptors (Lipinski definition) is 3. The monoisotopic (exact) mass is 265 g/mol. The van der Waals surface area contributed by atoms with Gasteiger partial charge in [0, 0.05) is 10.9 Å². The van der Waals surface area contributed by atoms with Crippen molar-refractivity contribution in [2.45, 2.75) is 0 Å². The number of carbonyl (C=O) groups excluding carboxylic acids is 1. The van der Waals surface area contributed by atoms with E-state index in [1.165, 1.54) is 6.07 Å². The molecule has 0 fully saturated rings. The highest BCUT2D eigenvalue weighted by Gasteiger charge is 2.09. The van der Waals surface area contributed by atoms with E-state index in [4.69, 9.17) is 10.2 Å². The lowest BCUT2D eigenvalue weighted by molar-refractivity contribution is 0.100. The van der Waals surface area contributed by atoms with E-state index < -0.39 is 11.5 Å². The molecule has 0 saturated heterocycles. The van der Waals surface area contributed by atoms with E-state index in [1.54, 1.807) is 18.2 Å². The smallest absolute Gasteiger partial charge is 0.344 e. The maximum absolute atomic E-state index is 12.0. The van der Waals surface area contributed by atoms with E-state index >= 15 is 0 Å². The van der Waals surface area contributed by atoms with Crippen LogP contribution < -0.4 is 11.4 Å². The highest BCUT2D eigenvalue weighted by atomic mass is 16.4. The van der Waals surface area contributed by atoms with Gasteiger partial charge in [0.15, 0.2) is 0 Å². The summed E-state index contributed by atoms with van der Waals surface area (Å²) in [7, 11) is 0. The fraction of sp³-hybridized carbons (Fsp3) is 0. The van der Waals surface area contributed by atoms with Crippen LogP contribution in [-0.4, -0.2) is 5.91 Å². The number of primary amides is 1. The van der Waals surface area contributed by atoms with Crippen molar-refractivity contribution < 1.29 is 9.21 Å². The van der Waals surface area contributed by atoms with Crippen LogP contribution in [0.5, 0.6) is 0 Å². The second-order valence-electron chi connectivity index (χ2n) is 4.43. The number of benzene rings is 2. The van der Waals surface area contributed by atoms with Crippen molar-refractivity contribution in [1.82, 2.24) is 0 Å². The SMILES string of the molecule is NC(=O)c1ccc2cc(-c3ccccc3)c(=O)oc2c1. The average molecular weight is 265 g/mol. The quantitative estimate of drug-likeness (QED) is 0.724. The molecule has 0 atom stereocenters. The fourth-order valence-electron chi connectivity index (χ4n) is 2.08. The van der Waals surface area contributed by atoms with Gasteiger partial charge in [0.25, 0.3) is 0 Å². The lowest BCUT2D eigenvalue weighted by Gasteiger charge is -2.03. The van der Waals surface area contributed by atoms with Gasteiger partial charge >= 0.3 is 5.63 Å². The normalized spacial score (nSPS) is 10.6. The summed E-state index contributed by atoms with van der Waals surface area (Å²) in [6.07, 6.45) is 0. The van der Waals surface area contributed by atoms with Gasteiger partial charge in [-0.25, -0.2) is 4.79 Å². The Labute approximate surface area is 114 Å². The Morgan fingerprint density at radius 3 is 2.45 bits per heavy atom. The average Bonchev–Trinajstić information content (AvgIpc) is 2.46. The molecular formula is C16H11NO3. The summed E-state index contributed by atoms with van der Waals surface area (Å²) in [5, 5.41) is 0.744. The maximum atomic E-state index is 12.0. The zero-order valence-electron chi connectivity index (χ0n) is 10.5. The van der Waals surface area contributed by atoms with Gasteiger partial charge in [-0.1, -0.05) is 36.4 Å². The highest BCUT2D eigenvalue weighted by molar-refractivity contribution is 5.96. The Bertz CT molecular complexity index is 850. The van der Waals surface area contributed by atoms with Crippen LogP contribution in [0.1, 0.15) is 10.4 Å². The number of nitrogens with two attached hydrogens (primary N) is 1. The maximum Gasteiger partial charge on any atom is 0.344 e. The summed E-state index contributed by atoms with van der Waals surface area (Å²) in [5.41, 5.74) is 6.72. The Morgan fingerprint density at radius 2 is 1.75 bits per heavy atom. The number of hydrogen-bond donors (Lipinski definition) is 1. The van der Waals surface area contributed by atoms with Crippen molar-refractivity contribution in [3.05, 3.63) is 70.6 Å². The van der Waals surface area contributed by atoms with Crippen LogP contribution in [0.4, 0.5) is 0 Å². The number of carbonyl (C=O) groups is 1. The van der Waals surface area contributed by atoms with E-state index in [1.807, 2.05) is 30.3 Å². The first-order valence-electron chi connectivity index (χ1n) is 6.08. The summed E-state index contributed by atoms with van der Waals surface area (Å²) in [5.74, 6) is -0.554. The van der Waals surface area contributed by atoms with Crippen molar-refractivity contribution in [2.75, 3.05) is 0 Å². The molecule has 0 aliphatic heterocycles. The molecule has 4 heteroatoms. The molecule has 1 aromatic heterocycles. The van der Waals surface area contributed by atoms with E-state index in [2.05, 4.69) is 0 Å². The molecule has 20 heavy (non-hydrogen) atoms. The molecule has 0 spiro atoms. The van der Waals surface area contributed by atoms with Crippen molar-refractivity contribution in [2.24, 2.45) is 5.73 Å². The summed E-state index contributed by atoms with van der Waals surface area (Å²) in [6, 6.07) is 15.8. The second-order valence-corrected chi connectivity index (χ2v) is 4.43. The molecule has 0 aliphatic carbocycles. The summed E-state index contributed by atoms with van der Waals surface area (Å²) in [4.78, 5) is 23.2. The molecule has 1 heterocycles. The van der Waals surface area contributed by atoms with Gasteiger partial charge in [-0.3, -0.25) is 4.79 Å². The van der Waals surface area contributed by atoms with Crippen LogP contribution in [0, 0.1) is 0 Å². The molecule has 1 amide bonds. The lowest BCUT2D eigenvalue weighted by atomic mass is 10.1. The first-order chi connectivity index (χ1) is 9.65. The molecule has 0 unspecified atom stereocenters. The van der Waals surface area contributed by atoms with Gasteiger partial charge in [0.05, 0.1) is 5.56 Å². The third kappa shape index (κ3) is 2.07. The topological polar surface area (TPSA) is 73.3 Å². The lowest BCUT2D eigenvalue weighted by Crippen LogP contribution is -2.11. The molecule has 98 valence electrons. The van der Waals surface area contributed by atoms with Crippen LogP contribution in [0.3, 0.4) is 0 Å². The largest absolute Gasteiger partial charge is 0.422 e. The number of fused-ring (bicyclic) bond motifs is 1. The van der Waals surface area contributed by atoms with Crippen LogP contribution in [0.2, 0.25) is 0 Å². The molecule has 3 rings (SSSR count). The molecule has 0 radical (unpaired) electrons. The second kappa shape index (κ2) is 4.66. The number of rotatable bonds is 2. The summed E-state index contributed by atoms with van der Waals surface area (Å²) in [6.45, 7) is 0. The van der Waals surface area contributed by atoms with Crippen molar-refractivity contribution >= 4 is 16.9 Å². The zero-order chi connectivity index (χ0) is 14.1. The van der Waals surface area contributed by atoms with Gasteiger partial charge in [0.1, 0.15) is 5.58 Å². The Balaban J connectivity index is 2.23. The third-order valence-electron chi connectivity index (χ3n) is 3.11. The van der Waals surface area contributed by atoms with Crippen LogP contribution in [0.25, 0.3) is 22.1 Å². The van der Waals surface area contributed by atoms with E-state index in [-0.39, 0.29) is 0 Å². The predicted molar refractivity (Wildman–Crippen MR) is 76.4 cm³/mol. The third-order valence-corrected chi connectivity index (χ3v) is 3.11. The zero-order valence-corrected chi connectivity index (χ0v) is 10.5. The molecule has 3 aromatic rings. The van der Waals surface area contributed by atoms with Crippen LogP contribution >= 0.6 is 0 Å². The Kier molecular flexibility index (Phi) is 2.84. The fourth-order valence-corrected chi connectivity index (χ4v) is 2.08. The first kappa shape index (κ1) is 12.2. The molecule has 0 bridgehead atoms. The Morgan fingerprint density at radius 1 is 1.00 bits per heavy atom. The van der Waals surface area contributed by atoms with Crippen LogP contribution in [-0.2, 0) is 0 Å². The summed E-state index contributed by atoms with van der Waals surface area (Å²) >= 11 is 0. The van der Waals surface area contributed by atoms with E-state index in [0.717, 1.165) is 10.9 Å². The number of amides is 1. The minimum absolute atomic E-state index is 0.313. The molecule has 2 aromatic carbocycles. The van der Waals surface area contributed by atoms with Crippen LogP contribution in [0.15, 0.2) is 63.8 Å². The van der Waals surface area contributed by atoms with Crippen molar-refractivity contribution in [3.8, 4) is 11.1 Å². The van der Waals surface area contributed by atoms with Gasteiger partial charge < -0.3 is 10.2 Å². The van der Waals surface area contributed by atoms with Gasteiger partial charge in [-0.15, -0.1) is 0 Å². The standard InChI is InChI=1S/C16H11NO3/c17-15(18)12-7-6-11-8-13(10-4-2-1-3-5-10)16(19)20-14(11)9-12/h1-9H,(H2,17,18). The van der Waals surface area contributed by atoms with Gasteiger partial charge in [0.2, 0.25) is 5.91 Å². The van der Waals surface area contributed by atoms with Gasteiger partial charge in [-0.2, -0.15) is 0 Å². The highest BCUT2D eigenvalue weighted by Crippen LogP contribution is 2.21. The molecular weight excluding hydrogens is 254 g/mol. The van der Waals surface area contributed by atoms with Crippen molar-refractivity contribution in [1.29, 1.82) is 0 Å². The molecule has 0 aliphatic rings. The predicted octanol–water partition coefficient (Wildman–Crippen LogP) is 2.56. The molecule has 2 N–H and O–H groups in total. The molecule has 0 saturated carbocycles. The first-order valence-corrected chi connectivity index (χ1v) is 6.08. The van der Waals surface area contributed by atoms with Gasteiger partial charge in [-0.05, 0) is 23.8 Å². The minimum atomic E-state index is -0.554. The Hall–Kier alpha value is -2.88. The van der Waals surface area contributed by atoms with Crippen molar-refractivity contribution in [3.63, 3.8) is 0 Å². The van der Waals surface area contributed by atoms with E-state index in [0.29, 0.717) is 16.7 Å². The summed E-state index contributed by atoms with van der Waals surface area (Å²) < 4.78 is 5.27. The molecule has 4 nitrogen and oxygen atoms in total. The van der Waals surface area contributed by atoms with E-state index in [9.17, 15) is 9.59 Å².